The summed E-state index contributed by atoms with van der Waals surface area (Å²) in [4.78, 5) is 0. The van der Waals surface area contributed by atoms with Gasteiger partial charge < -0.3 is 29.4 Å². The molecule has 0 radical (unpaired) electrons. The van der Waals surface area contributed by atoms with Crippen LogP contribution < -0.4 is 24.3 Å². The minimum atomic E-state index is -0.843. The molecule has 3 aliphatic rings. The van der Waals surface area contributed by atoms with Gasteiger partial charge in [0.15, 0.2) is 23.0 Å². The van der Waals surface area contributed by atoms with E-state index in [0.29, 0.717) is 23.8 Å². The highest BCUT2D eigenvalue weighted by Gasteiger charge is 2.54. The zero-order valence-corrected chi connectivity index (χ0v) is 16.5. The van der Waals surface area contributed by atoms with Crippen LogP contribution in [0.4, 0.5) is 0 Å². The maximum Gasteiger partial charge on any atom is 0.231 e. The average molecular weight is 393 g/mol. The van der Waals surface area contributed by atoms with Crippen molar-refractivity contribution in [2.24, 2.45) is 0 Å². The van der Waals surface area contributed by atoms with Crippen molar-refractivity contribution in [2.45, 2.75) is 18.1 Å². The van der Waals surface area contributed by atoms with E-state index in [1.54, 1.807) is 20.3 Å². The van der Waals surface area contributed by atoms with Gasteiger partial charge in [-0.05, 0) is 46.9 Å². The summed E-state index contributed by atoms with van der Waals surface area (Å²) in [6.45, 7) is 4.83. The number of hydrogen-bond donors (Lipinski definition) is 2. The number of aliphatic hydroxyl groups is 1. The Morgan fingerprint density at radius 2 is 2.00 bits per heavy atom. The van der Waals surface area contributed by atoms with E-state index in [-0.39, 0.29) is 6.79 Å². The molecule has 0 saturated carbocycles. The summed E-state index contributed by atoms with van der Waals surface area (Å²) in [5.74, 6) is 2.66. The van der Waals surface area contributed by atoms with Gasteiger partial charge in [-0.3, -0.25) is 0 Å². The van der Waals surface area contributed by atoms with Crippen LogP contribution in [0.25, 0.3) is 5.57 Å². The second kappa shape index (κ2) is 6.54. The lowest BCUT2D eigenvalue weighted by Gasteiger charge is -2.41. The van der Waals surface area contributed by atoms with E-state index in [4.69, 9.17) is 18.9 Å². The third-order valence-electron chi connectivity index (χ3n) is 6.08. The molecule has 1 aliphatic carbocycles. The van der Waals surface area contributed by atoms with Gasteiger partial charge in [0.2, 0.25) is 6.79 Å². The topological polar surface area (TPSA) is 69.2 Å². The van der Waals surface area contributed by atoms with Gasteiger partial charge in [-0.2, -0.15) is 0 Å². The van der Waals surface area contributed by atoms with E-state index >= 15 is 0 Å². The minimum absolute atomic E-state index is 0.210. The third-order valence-corrected chi connectivity index (χ3v) is 6.08. The Kier molecular flexibility index (Phi) is 4.08. The van der Waals surface area contributed by atoms with Crippen LogP contribution in [-0.4, -0.2) is 32.7 Å². The van der Waals surface area contributed by atoms with E-state index in [1.165, 1.54) is 0 Å². The molecule has 0 bridgehead atoms. The molecule has 2 aliphatic heterocycles. The van der Waals surface area contributed by atoms with Gasteiger partial charge in [0.05, 0.1) is 14.2 Å². The van der Waals surface area contributed by atoms with Crippen LogP contribution in [0.3, 0.4) is 0 Å². The monoisotopic (exact) mass is 393 g/mol. The molecular formula is C23H23NO5. The van der Waals surface area contributed by atoms with E-state index in [9.17, 15) is 5.11 Å². The lowest BCUT2D eigenvalue weighted by molar-refractivity contribution is 0.0961. The first-order chi connectivity index (χ1) is 14.2. The highest BCUT2D eigenvalue weighted by molar-refractivity contribution is 5.89. The minimum Gasteiger partial charge on any atom is -0.493 e. The molecule has 6 heteroatoms. The molecule has 1 spiro atoms. The Labute approximate surface area is 169 Å². The highest BCUT2D eigenvalue weighted by atomic mass is 16.7. The van der Waals surface area contributed by atoms with Gasteiger partial charge in [0.25, 0.3) is 0 Å². The largest absolute Gasteiger partial charge is 0.493 e. The molecule has 2 atom stereocenters. The van der Waals surface area contributed by atoms with E-state index < -0.39 is 11.6 Å². The van der Waals surface area contributed by atoms with Gasteiger partial charge in [0, 0.05) is 12.1 Å². The average Bonchev–Trinajstić information content (AvgIpc) is 3.29. The SMILES string of the molecule is C=C/C=C1/c2c(ccc(OC)c2OC)[C@H](O)[C@]12NCCc1cc3c(cc12)OCO3. The summed E-state index contributed by atoms with van der Waals surface area (Å²) in [5.41, 5.74) is 3.77. The molecule has 0 saturated heterocycles. The Bertz CT molecular complexity index is 1040. The summed E-state index contributed by atoms with van der Waals surface area (Å²) in [6.07, 6.45) is 3.69. The number of allylic oxidation sites excluding steroid dienone is 2. The molecule has 2 heterocycles. The summed E-state index contributed by atoms with van der Waals surface area (Å²) < 4.78 is 22.4. The van der Waals surface area contributed by atoms with Crippen LogP contribution in [0.15, 0.2) is 43.0 Å². The molecule has 0 unspecified atom stereocenters. The van der Waals surface area contributed by atoms with Gasteiger partial charge in [-0.15, -0.1) is 0 Å². The Balaban J connectivity index is 1.81. The Hall–Kier alpha value is -2.96. The maximum absolute atomic E-state index is 11.6. The predicted octanol–water partition coefficient (Wildman–Crippen LogP) is 3.09. The van der Waals surface area contributed by atoms with Crippen molar-refractivity contribution in [3.63, 3.8) is 0 Å². The Morgan fingerprint density at radius 3 is 2.72 bits per heavy atom. The van der Waals surface area contributed by atoms with Gasteiger partial charge in [-0.25, -0.2) is 0 Å². The molecule has 0 fully saturated rings. The number of fused-ring (bicyclic) bond motifs is 4. The van der Waals surface area contributed by atoms with Gasteiger partial charge in [0.1, 0.15) is 11.6 Å². The molecule has 0 amide bonds. The molecule has 150 valence electrons. The van der Waals surface area contributed by atoms with Crippen LogP contribution in [0.1, 0.15) is 28.4 Å². The summed E-state index contributed by atoms with van der Waals surface area (Å²) in [6, 6.07) is 7.74. The molecule has 2 aromatic carbocycles. The molecule has 29 heavy (non-hydrogen) atoms. The fourth-order valence-electron chi connectivity index (χ4n) is 4.89. The number of rotatable bonds is 3. The highest BCUT2D eigenvalue weighted by Crippen LogP contribution is 2.60. The number of methoxy groups -OCH3 is 2. The number of ether oxygens (including phenoxy) is 4. The van der Waals surface area contributed by atoms with Crippen molar-refractivity contribution in [3.05, 3.63) is 65.3 Å². The quantitative estimate of drug-likeness (QED) is 0.835. The van der Waals surface area contributed by atoms with Crippen LogP contribution >= 0.6 is 0 Å². The molecule has 2 N–H and O–H groups in total. The van der Waals surface area contributed by atoms with Crippen LogP contribution in [0, 0.1) is 0 Å². The van der Waals surface area contributed by atoms with Gasteiger partial charge >= 0.3 is 0 Å². The Morgan fingerprint density at radius 1 is 1.21 bits per heavy atom. The number of benzene rings is 2. The first-order valence-electron chi connectivity index (χ1n) is 9.60. The fourth-order valence-corrected chi connectivity index (χ4v) is 4.89. The molecule has 0 aromatic heterocycles. The predicted molar refractivity (Wildman–Crippen MR) is 109 cm³/mol. The maximum atomic E-state index is 11.6. The summed E-state index contributed by atoms with van der Waals surface area (Å²) >= 11 is 0. The lowest BCUT2D eigenvalue weighted by atomic mass is 9.75. The van der Waals surface area contributed by atoms with Crippen LogP contribution in [0.2, 0.25) is 0 Å². The van der Waals surface area contributed by atoms with E-state index in [1.807, 2.05) is 30.3 Å². The van der Waals surface area contributed by atoms with Crippen molar-refractivity contribution in [2.75, 3.05) is 27.6 Å². The van der Waals surface area contributed by atoms with Crippen LogP contribution in [0.5, 0.6) is 23.0 Å². The summed E-state index contributed by atoms with van der Waals surface area (Å²) in [5, 5.41) is 15.2. The summed E-state index contributed by atoms with van der Waals surface area (Å²) in [7, 11) is 3.22. The molecule has 2 aromatic rings. The van der Waals surface area contributed by atoms with Crippen molar-refractivity contribution in [1.29, 1.82) is 0 Å². The third kappa shape index (κ3) is 2.30. The lowest BCUT2D eigenvalue weighted by Crippen LogP contribution is -2.49. The van der Waals surface area contributed by atoms with E-state index in [0.717, 1.165) is 40.0 Å². The molecule has 5 rings (SSSR count). The first kappa shape index (κ1) is 18.1. The van der Waals surface area contributed by atoms with E-state index in [2.05, 4.69) is 11.9 Å². The number of nitrogens with one attached hydrogen (secondary N) is 1. The zero-order chi connectivity index (χ0) is 20.2. The van der Waals surface area contributed by atoms with Crippen LogP contribution in [-0.2, 0) is 12.0 Å². The van der Waals surface area contributed by atoms with Crippen molar-refractivity contribution >= 4 is 5.57 Å². The second-order valence-corrected chi connectivity index (χ2v) is 7.33. The fraction of sp³-hybridized carbons (Fsp3) is 0.304. The van der Waals surface area contributed by atoms with Crippen molar-refractivity contribution in [3.8, 4) is 23.0 Å². The number of hydrogen-bond acceptors (Lipinski definition) is 6. The first-order valence-corrected chi connectivity index (χ1v) is 9.60. The van der Waals surface area contributed by atoms with Gasteiger partial charge in [-0.1, -0.05) is 24.8 Å². The number of aliphatic hydroxyl groups excluding tert-OH is 1. The standard InChI is InChI=1S/C23H23NO5/c1-4-5-15-20-14(6-7-17(26-2)21(20)27-3)22(25)23(15)16-11-19-18(28-12-29-19)10-13(16)8-9-24-23/h4-7,10-11,22,24-25H,1,8-9,12H2,2-3H3/b15-5-/t22-,23-/m0/s1. The molecule has 6 nitrogen and oxygen atoms in total. The van der Waals surface area contributed by atoms with Crippen molar-refractivity contribution < 1.29 is 24.1 Å². The van der Waals surface area contributed by atoms with Crippen molar-refractivity contribution in [1.82, 2.24) is 5.32 Å². The zero-order valence-electron chi connectivity index (χ0n) is 16.5. The molecular weight excluding hydrogens is 370 g/mol. The second-order valence-electron chi connectivity index (χ2n) is 7.33. The smallest absolute Gasteiger partial charge is 0.231 e. The normalized spacial score (nSPS) is 25.1.